The minimum atomic E-state index is 0.319. The van der Waals surface area contributed by atoms with Crippen LogP contribution in [0.25, 0.3) is 0 Å². The minimum Gasteiger partial charge on any atom is -0.370 e. The lowest BCUT2D eigenvalue weighted by Crippen LogP contribution is -2.09. The Hall–Kier alpha value is -1.81. The third-order valence-electron chi connectivity index (χ3n) is 2.91. The van der Waals surface area contributed by atoms with Crippen molar-refractivity contribution in [2.45, 2.75) is 26.7 Å². The molecule has 2 rings (SSSR count). The van der Waals surface area contributed by atoms with Crippen LogP contribution in [0.1, 0.15) is 32.3 Å². The summed E-state index contributed by atoms with van der Waals surface area (Å²) in [6, 6.07) is 7.57. The van der Waals surface area contributed by atoms with E-state index < -0.39 is 0 Å². The van der Waals surface area contributed by atoms with E-state index in [0.717, 1.165) is 34.5 Å². The molecule has 4 nitrogen and oxygen atoms in total. The predicted molar refractivity (Wildman–Crippen MR) is 85.0 cm³/mol. The summed E-state index contributed by atoms with van der Waals surface area (Å²) in [5.41, 5.74) is 2.04. The lowest BCUT2D eigenvalue weighted by molar-refractivity contribution is 0.849. The Bertz CT molecular complexity index is 567. The molecule has 1 aromatic carbocycles. The van der Waals surface area contributed by atoms with Crippen LogP contribution in [0.2, 0.25) is 5.02 Å². The predicted octanol–water partition coefficient (Wildman–Crippen LogP) is 4.43. The molecule has 0 unspecified atom stereocenters. The van der Waals surface area contributed by atoms with Crippen LogP contribution in [0.15, 0.2) is 30.6 Å². The highest BCUT2D eigenvalue weighted by Gasteiger charge is 2.14. The molecule has 5 heteroatoms. The number of aromatic nitrogens is 2. The van der Waals surface area contributed by atoms with Crippen molar-refractivity contribution in [1.82, 2.24) is 9.97 Å². The van der Waals surface area contributed by atoms with Gasteiger partial charge in [0.15, 0.2) is 0 Å². The van der Waals surface area contributed by atoms with E-state index in [4.69, 9.17) is 11.6 Å². The van der Waals surface area contributed by atoms with Gasteiger partial charge < -0.3 is 10.6 Å². The zero-order chi connectivity index (χ0) is 14.5. The second kappa shape index (κ2) is 6.57. The molecule has 1 aromatic heterocycles. The van der Waals surface area contributed by atoms with Crippen molar-refractivity contribution in [3.8, 4) is 0 Å². The van der Waals surface area contributed by atoms with E-state index in [1.807, 2.05) is 24.3 Å². The summed E-state index contributed by atoms with van der Waals surface area (Å²) in [6.07, 6.45) is 1.57. The first-order valence-corrected chi connectivity index (χ1v) is 7.11. The number of rotatable bonds is 5. The molecular weight excluding hydrogens is 272 g/mol. The summed E-state index contributed by atoms with van der Waals surface area (Å²) in [7, 11) is 0. The molecule has 0 saturated carbocycles. The third kappa shape index (κ3) is 3.39. The largest absolute Gasteiger partial charge is 0.370 e. The highest BCUT2D eigenvalue weighted by molar-refractivity contribution is 6.30. The summed E-state index contributed by atoms with van der Waals surface area (Å²) in [6.45, 7) is 7.15. The van der Waals surface area contributed by atoms with Gasteiger partial charge in [-0.2, -0.15) is 0 Å². The fourth-order valence-electron chi connectivity index (χ4n) is 2.02. The molecule has 2 N–H and O–H groups in total. The lowest BCUT2D eigenvalue weighted by atomic mass is 10.0. The molecule has 2 aromatic rings. The summed E-state index contributed by atoms with van der Waals surface area (Å²) in [5.74, 6) is 2.03. The van der Waals surface area contributed by atoms with E-state index in [2.05, 4.69) is 41.4 Å². The molecule has 0 aliphatic heterocycles. The minimum absolute atomic E-state index is 0.319. The number of benzene rings is 1. The summed E-state index contributed by atoms with van der Waals surface area (Å²) in [5, 5.41) is 7.33. The lowest BCUT2D eigenvalue weighted by Gasteiger charge is -2.17. The van der Waals surface area contributed by atoms with Gasteiger partial charge in [-0.3, -0.25) is 0 Å². The second-order valence-corrected chi connectivity index (χ2v) is 5.24. The topological polar surface area (TPSA) is 49.8 Å². The Morgan fingerprint density at radius 3 is 2.35 bits per heavy atom. The summed E-state index contributed by atoms with van der Waals surface area (Å²) < 4.78 is 0. The highest BCUT2D eigenvalue weighted by Crippen LogP contribution is 2.30. The van der Waals surface area contributed by atoms with Crippen molar-refractivity contribution in [2.24, 2.45) is 0 Å². The number of halogens is 1. The van der Waals surface area contributed by atoms with Crippen LogP contribution >= 0.6 is 11.6 Å². The van der Waals surface area contributed by atoms with Crippen LogP contribution in [-0.2, 0) is 0 Å². The van der Waals surface area contributed by atoms with E-state index in [1.165, 1.54) is 0 Å². The Balaban J connectivity index is 2.35. The molecule has 0 fully saturated rings. The molecule has 0 radical (unpaired) electrons. The number of anilines is 3. The van der Waals surface area contributed by atoms with Crippen LogP contribution in [0.4, 0.5) is 17.3 Å². The second-order valence-electron chi connectivity index (χ2n) is 4.80. The van der Waals surface area contributed by atoms with Crippen molar-refractivity contribution in [2.75, 3.05) is 17.2 Å². The van der Waals surface area contributed by atoms with Gasteiger partial charge in [-0.05, 0) is 37.1 Å². The molecule has 0 aliphatic rings. The van der Waals surface area contributed by atoms with E-state index in [1.54, 1.807) is 6.33 Å². The number of hydrogen-bond acceptors (Lipinski definition) is 4. The monoisotopic (exact) mass is 290 g/mol. The van der Waals surface area contributed by atoms with E-state index >= 15 is 0 Å². The maximum Gasteiger partial charge on any atom is 0.139 e. The molecule has 0 atom stereocenters. The van der Waals surface area contributed by atoms with Gasteiger partial charge in [0.2, 0.25) is 0 Å². The molecule has 0 spiro atoms. The SMILES string of the molecule is CCNc1ncnc(Nc2ccc(Cl)cc2)c1C(C)C. The fourth-order valence-corrected chi connectivity index (χ4v) is 2.15. The van der Waals surface area contributed by atoms with Crippen LogP contribution < -0.4 is 10.6 Å². The fraction of sp³-hybridized carbons (Fsp3) is 0.333. The van der Waals surface area contributed by atoms with Crippen LogP contribution in [-0.4, -0.2) is 16.5 Å². The first-order valence-electron chi connectivity index (χ1n) is 6.73. The average molecular weight is 291 g/mol. The normalized spacial score (nSPS) is 10.7. The zero-order valence-corrected chi connectivity index (χ0v) is 12.7. The number of nitrogens with one attached hydrogen (secondary N) is 2. The van der Waals surface area contributed by atoms with Gasteiger partial charge in [0.1, 0.15) is 18.0 Å². The van der Waals surface area contributed by atoms with E-state index in [9.17, 15) is 0 Å². The van der Waals surface area contributed by atoms with Crippen molar-refractivity contribution in [1.29, 1.82) is 0 Å². The Morgan fingerprint density at radius 2 is 1.75 bits per heavy atom. The van der Waals surface area contributed by atoms with Gasteiger partial charge in [0.05, 0.1) is 0 Å². The molecule has 0 amide bonds. The van der Waals surface area contributed by atoms with Gasteiger partial charge in [0.25, 0.3) is 0 Å². The Labute approximate surface area is 124 Å². The van der Waals surface area contributed by atoms with Crippen LogP contribution in [0.5, 0.6) is 0 Å². The molecular formula is C15H19ClN4. The van der Waals surface area contributed by atoms with Crippen molar-refractivity contribution >= 4 is 28.9 Å². The van der Waals surface area contributed by atoms with Crippen molar-refractivity contribution in [3.05, 3.63) is 41.2 Å². The molecule has 0 saturated heterocycles. The first kappa shape index (κ1) is 14.6. The quantitative estimate of drug-likeness (QED) is 0.855. The van der Waals surface area contributed by atoms with Crippen molar-refractivity contribution < 1.29 is 0 Å². The molecule has 106 valence electrons. The summed E-state index contributed by atoms with van der Waals surface area (Å²) >= 11 is 5.90. The standard InChI is InChI=1S/C15H19ClN4/c1-4-17-14-13(10(2)3)15(19-9-18-14)20-12-7-5-11(16)6-8-12/h5-10H,4H2,1-3H3,(H2,17,18,19,20). The molecule has 0 bridgehead atoms. The average Bonchev–Trinajstić information content (AvgIpc) is 2.41. The van der Waals surface area contributed by atoms with Crippen LogP contribution in [0.3, 0.4) is 0 Å². The first-order chi connectivity index (χ1) is 9.61. The maximum absolute atomic E-state index is 5.90. The van der Waals surface area contributed by atoms with Gasteiger partial charge in [0, 0.05) is 22.8 Å². The third-order valence-corrected chi connectivity index (χ3v) is 3.16. The smallest absolute Gasteiger partial charge is 0.139 e. The van der Waals surface area contributed by atoms with Crippen molar-refractivity contribution in [3.63, 3.8) is 0 Å². The number of hydrogen-bond donors (Lipinski definition) is 2. The van der Waals surface area contributed by atoms with Crippen LogP contribution in [0, 0.1) is 0 Å². The number of nitrogens with zero attached hydrogens (tertiary/aromatic N) is 2. The zero-order valence-electron chi connectivity index (χ0n) is 11.9. The highest BCUT2D eigenvalue weighted by atomic mass is 35.5. The Kier molecular flexibility index (Phi) is 4.79. The molecule has 0 aliphatic carbocycles. The molecule has 20 heavy (non-hydrogen) atoms. The van der Waals surface area contributed by atoms with E-state index in [0.29, 0.717) is 5.92 Å². The molecule has 1 heterocycles. The van der Waals surface area contributed by atoms with Gasteiger partial charge in [-0.1, -0.05) is 25.4 Å². The van der Waals surface area contributed by atoms with Gasteiger partial charge >= 0.3 is 0 Å². The van der Waals surface area contributed by atoms with Gasteiger partial charge in [-0.25, -0.2) is 9.97 Å². The Morgan fingerprint density at radius 1 is 1.10 bits per heavy atom. The summed E-state index contributed by atoms with van der Waals surface area (Å²) in [4.78, 5) is 8.69. The van der Waals surface area contributed by atoms with E-state index in [-0.39, 0.29) is 0 Å². The van der Waals surface area contributed by atoms with Gasteiger partial charge in [-0.15, -0.1) is 0 Å². The maximum atomic E-state index is 5.90.